The highest BCUT2D eigenvalue weighted by atomic mass is 32.2. The summed E-state index contributed by atoms with van der Waals surface area (Å²) in [5, 5.41) is 93.4. The molecular weight excluding hydrogens is 939 g/mol. The number of benzene rings is 6. The summed E-state index contributed by atoms with van der Waals surface area (Å²) in [5.74, 6) is -1.35. The molecule has 0 aromatic heterocycles. The fraction of sp³-hybridized carbons (Fsp3) is 0.0303. The number of rotatable bonds is 16. The fourth-order valence-electron chi connectivity index (χ4n) is 5.74. The summed E-state index contributed by atoms with van der Waals surface area (Å²) in [5.41, 5.74) is 2.93. The Morgan fingerprint density at radius 2 is 1.20 bits per heavy atom. The number of hydrogen-bond acceptors (Lipinski definition) is 25. The standard InChI is InChI=1S/C33H23N9O18S4/c1-14-8-15-2-3-17(11-20(15)32(43)29(14)38-36-21-6-4-18(41(45)46)12-23(21)61-59-57-49)35-40-31-26(64(54,55)56)10-16-9-24(62-60-58-50)30(33(44)27(16)28(31)34)39-37-22-7-5-19(42(47)48)13-25(22)63(51,52)53/h2-13,43-44,49-50H,34H2,1H3,(H,51,52,53)(H,54,55,56). The first-order chi connectivity index (χ1) is 30.2. The van der Waals surface area contributed by atoms with Gasteiger partial charge in [-0.05, 0) is 65.7 Å². The lowest BCUT2D eigenvalue weighted by Gasteiger charge is -2.14. The third kappa shape index (κ3) is 9.99. The van der Waals surface area contributed by atoms with Gasteiger partial charge in [0.15, 0.2) is 11.5 Å². The van der Waals surface area contributed by atoms with Crippen LogP contribution in [0.2, 0.25) is 0 Å². The molecule has 0 aliphatic rings. The minimum absolute atomic E-state index is 0.0000466. The minimum atomic E-state index is -5.19. The molecule has 6 aromatic rings. The largest absolute Gasteiger partial charge is 0.505 e. The molecule has 0 bridgehead atoms. The van der Waals surface area contributed by atoms with Gasteiger partial charge in [0.2, 0.25) is 0 Å². The van der Waals surface area contributed by atoms with Gasteiger partial charge in [-0.2, -0.15) is 21.9 Å². The number of phenols is 2. The van der Waals surface area contributed by atoms with Crippen LogP contribution in [-0.2, 0) is 39.0 Å². The molecule has 0 spiro atoms. The van der Waals surface area contributed by atoms with E-state index in [0.717, 1.165) is 36.4 Å². The van der Waals surface area contributed by atoms with Crippen LogP contribution in [0, 0.1) is 27.2 Å². The maximum absolute atomic E-state index is 12.7. The quantitative estimate of drug-likeness (QED) is 0.00901. The van der Waals surface area contributed by atoms with Crippen LogP contribution in [0.5, 0.6) is 11.5 Å². The van der Waals surface area contributed by atoms with E-state index in [1.807, 2.05) is 0 Å². The van der Waals surface area contributed by atoms with Crippen LogP contribution in [0.25, 0.3) is 21.5 Å². The highest BCUT2D eigenvalue weighted by Crippen LogP contribution is 2.50. The summed E-state index contributed by atoms with van der Waals surface area (Å²) in [4.78, 5) is 18.6. The van der Waals surface area contributed by atoms with Gasteiger partial charge in [0.05, 0.1) is 60.5 Å². The Morgan fingerprint density at radius 1 is 0.625 bits per heavy atom. The van der Waals surface area contributed by atoms with E-state index in [1.165, 1.54) is 24.3 Å². The van der Waals surface area contributed by atoms with Crippen molar-refractivity contribution in [2.45, 2.75) is 26.5 Å². The Morgan fingerprint density at radius 3 is 1.83 bits per heavy atom. The molecule has 27 nitrogen and oxygen atoms in total. The van der Waals surface area contributed by atoms with Crippen molar-refractivity contribution in [1.29, 1.82) is 0 Å². The van der Waals surface area contributed by atoms with Crippen LogP contribution in [0.1, 0.15) is 5.56 Å². The van der Waals surface area contributed by atoms with E-state index in [4.69, 9.17) is 16.2 Å². The number of hydrogen-bond donors (Lipinski definition) is 7. The molecule has 0 heterocycles. The van der Waals surface area contributed by atoms with E-state index < -0.39 is 85.2 Å². The molecule has 6 aromatic carbocycles. The normalized spacial score (nSPS) is 12.4. The minimum Gasteiger partial charge on any atom is -0.505 e. The molecule has 0 saturated carbocycles. The first-order valence-electron chi connectivity index (χ1n) is 16.7. The number of fused-ring (bicyclic) bond motifs is 2. The summed E-state index contributed by atoms with van der Waals surface area (Å²) < 4.78 is 78.2. The van der Waals surface area contributed by atoms with Crippen LogP contribution >= 0.6 is 24.1 Å². The molecule has 0 fully saturated rings. The van der Waals surface area contributed by atoms with E-state index in [0.29, 0.717) is 29.1 Å². The van der Waals surface area contributed by atoms with Crippen molar-refractivity contribution in [3.8, 4) is 11.5 Å². The number of nitro groups is 2. The second kappa shape index (κ2) is 18.8. The molecule has 8 N–H and O–H groups in total. The van der Waals surface area contributed by atoms with E-state index in [-0.39, 0.29) is 55.4 Å². The lowest BCUT2D eigenvalue weighted by atomic mass is 10.0. The number of aromatic hydroxyl groups is 2. The van der Waals surface area contributed by atoms with Crippen LogP contribution in [0.4, 0.5) is 51.2 Å². The molecule has 31 heteroatoms. The number of aryl methyl sites for hydroxylation is 1. The Balaban J connectivity index is 1.46. The SMILES string of the molecule is Cc1cc2ccc(N=Nc3c(S(=O)(=O)O)cc4cc(SOOO)c(N=Nc5ccc([N+](=O)[O-])cc5S(=O)(=O)O)c(O)c4c3N)cc2c(O)c1N=Nc1ccc([N+](=O)[O-])cc1SOOO. The molecule has 0 aliphatic carbocycles. The second-order valence-corrected chi connectivity index (χ2v) is 16.7. The molecule has 6 rings (SSSR count). The highest BCUT2D eigenvalue weighted by molar-refractivity contribution is 7.95. The van der Waals surface area contributed by atoms with E-state index >= 15 is 0 Å². The van der Waals surface area contributed by atoms with Crippen molar-refractivity contribution in [1.82, 2.24) is 0 Å². The molecule has 0 saturated heterocycles. The number of nitro benzene ring substituents is 2. The van der Waals surface area contributed by atoms with Gasteiger partial charge in [-0.15, -0.1) is 34.2 Å². The number of phenolic OH excluding ortho intramolecular Hbond substituents is 2. The van der Waals surface area contributed by atoms with Gasteiger partial charge < -0.3 is 15.9 Å². The Kier molecular flexibility index (Phi) is 13.7. The van der Waals surface area contributed by atoms with E-state index in [9.17, 15) is 56.4 Å². The lowest BCUT2D eigenvalue weighted by molar-refractivity contribution is -0.432. The van der Waals surface area contributed by atoms with Crippen LogP contribution < -0.4 is 5.73 Å². The van der Waals surface area contributed by atoms with Crippen LogP contribution in [0.15, 0.2) is 123 Å². The number of non-ortho nitro benzene ring substituents is 2. The number of anilines is 1. The van der Waals surface area contributed by atoms with Gasteiger partial charge in [-0.1, -0.05) is 16.1 Å². The maximum Gasteiger partial charge on any atom is 0.297 e. The molecular formula is C33H23N9O18S4. The zero-order chi connectivity index (χ0) is 46.7. The van der Waals surface area contributed by atoms with Gasteiger partial charge in [0, 0.05) is 29.7 Å². The first kappa shape index (κ1) is 46.6. The number of nitrogen functional groups attached to an aromatic ring is 1. The molecule has 0 atom stereocenters. The van der Waals surface area contributed by atoms with E-state index in [2.05, 4.69) is 49.4 Å². The molecule has 0 aliphatic heterocycles. The third-order valence-electron chi connectivity index (χ3n) is 8.53. The predicted molar refractivity (Wildman–Crippen MR) is 220 cm³/mol. The average Bonchev–Trinajstić information content (AvgIpc) is 3.23. The summed E-state index contributed by atoms with van der Waals surface area (Å²) in [6.45, 7) is 1.60. The van der Waals surface area contributed by atoms with Crippen molar-refractivity contribution in [2.24, 2.45) is 30.7 Å². The van der Waals surface area contributed by atoms with Gasteiger partial charge in [-0.25, -0.2) is 10.5 Å². The molecule has 332 valence electrons. The summed E-state index contributed by atoms with van der Waals surface area (Å²) in [6, 6.07) is 13.3. The van der Waals surface area contributed by atoms with Crippen molar-refractivity contribution >= 4 is 117 Å². The molecule has 0 unspecified atom stereocenters. The average molecular weight is 962 g/mol. The van der Waals surface area contributed by atoms with Gasteiger partial charge >= 0.3 is 0 Å². The Bertz CT molecular complexity index is 3230. The third-order valence-corrected chi connectivity index (χ3v) is 11.5. The van der Waals surface area contributed by atoms with Crippen molar-refractivity contribution in [3.63, 3.8) is 0 Å². The topological polar surface area (TPSA) is 413 Å². The molecule has 0 amide bonds. The number of nitrogens with zero attached hydrogens (tertiary/aromatic N) is 8. The molecule has 0 radical (unpaired) electrons. The first-order valence-corrected chi connectivity index (χ1v) is 21.0. The summed E-state index contributed by atoms with van der Waals surface area (Å²) in [6.07, 6.45) is 0. The fourth-order valence-corrected chi connectivity index (χ4v) is 8.02. The molecule has 64 heavy (non-hydrogen) atoms. The maximum atomic E-state index is 12.7. The second-order valence-electron chi connectivity index (χ2n) is 12.4. The van der Waals surface area contributed by atoms with Crippen molar-refractivity contribution < 1.29 is 75.3 Å². The van der Waals surface area contributed by atoms with Crippen LogP contribution in [-0.4, -0.2) is 56.5 Å². The van der Waals surface area contributed by atoms with Crippen molar-refractivity contribution in [3.05, 3.63) is 98.6 Å². The van der Waals surface area contributed by atoms with Crippen molar-refractivity contribution in [2.75, 3.05) is 5.73 Å². The summed E-state index contributed by atoms with van der Waals surface area (Å²) >= 11 is 0.536. The number of azo groups is 3. The zero-order valence-electron chi connectivity index (χ0n) is 31.3. The monoisotopic (exact) mass is 961 g/mol. The zero-order valence-corrected chi connectivity index (χ0v) is 34.6. The highest BCUT2D eigenvalue weighted by Gasteiger charge is 2.27. The van der Waals surface area contributed by atoms with Gasteiger partial charge in [0.1, 0.15) is 38.2 Å². The van der Waals surface area contributed by atoms with Gasteiger partial charge in [-0.3, -0.25) is 29.3 Å². The summed E-state index contributed by atoms with van der Waals surface area (Å²) in [7, 11) is -10.3. The van der Waals surface area contributed by atoms with Crippen LogP contribution in [0.3, 0.4) is 0 Å². The lowest BCUT2D eigenvalue weighted by Crippen LogP contribution is -2.02. The van der Waals surface area contributed by atoms with Gasteiger partial charge in [0.25, 0.3) is 31.6 Å². The number of nitrogens with two attached hydrogens (primary N) is 1. The van der Waals surface area contributed by atoms with E-state index in [1.54, 1.807) is 13.0 Å². The predicted octanol–water partition coefficient (Wildman–Crippen LogP) is 9.71. The smallest absolute Gasteiger partial charge is 0.297 e. The Labute approximate surface area is 364 Å². The Hall–Kier alpha value is -6.88.